The SMILES string of the molecule is Cc1sc(-c2ccno2)cc1S(=O)(=O)N1CCCC[C@H]1C. The molecule has 0 aromatic carbocycles. The van der Waals surface area contributed by atoms with E-state index in [1.807, 2.05) is 13.8 Å². The normalized spacial score (nSPS) is 20.8. The second-order valence-electron chi connectivity index (χ2n) is 5.37. The molecule has 3 rings (SSSR count). The number of thiophene rings is 1. The van der Waals surface area contributed by atoms with E-state index in [1.54, 1.807) is 22.6 Å². The number of hydrogen-bond acceptors (Lipinski definition) is 5. The Balaban J connectivity index is 1.99. The maximum atomic E-state index is 12.9. The van der Waals surface area contributed by atoms with Crippen LogP contribution in [-0.2, 0) is 10.0 Å². The van der Waals surface area contributed by atoms with Gasteiger partial charge in [0.1, 0.15) is 0 Å². The van der Waals surface area contributed by atoms with Crippen LogP contribution in [0.5, 0.6) is 0 Å². The molecule has 0 radical (unpaired) electrons. The van der Waals surface area contributed by atoms with Crippen molar-refractivity contribution in [2.24, 2.45) is 0 Å². The van der Waals surface area contributed by atoms with Gasteiger partial charge in [-0.2, -0.15) is 4.31 Å². The summed E-state index contributed by atoms with van der Waals surface area (Å²) in [6.45, 7) is 4.43. The van der Waals surface area contributed by atoms with Crippen molar-refractivity contribution in [2.75, 3.05) is 6.54 Å². The highest BCUT2D eigenvalue weighted by atomic mass is 32.2. The van der Waals surface area contributed by atoms with Crippen molar-refractivity contribution in [1.82, 2.24) is 9.46 Å². The minimum atomic E-state index is -3.43. The van der Waals surface area contributed by atoms with Crippen LogP contribution in [0.15, 0.2) is 27.7 Å². The topological polar surface area (TPSA) is 63.4 Å². The summed E-state index contributed by atoms with van der Waals surface area (Å²) in [5.74, 6) is 0.608. The summed E-state index contributed by atoms with van der Waals surface area (Å²) in [6.07, 6.45) is 4.52. The molecule has 1 fully saturated rings. The van der Waals surface area contributed by atoms with Crippen LogP contribution in [0.25, 0.3) is 10.6 Å². The maximum absolute atomic E-state index is 12.9. The van der Waals surface area contributed by atoms with Gasteiger partial charge in [-0.15, -0.1) is 11.3 Å². The summed E-state index contributed by atoms with van der Waals surface area (Å²) in [6, 6.07) is 3.51. The highest BCUT2D eigenvalue weighted by Crippen LogP contribution is 2.36. The fourth-order valence-electron chi connectivity index (χ4n) is 2.74. The summed E-state index contributed by atoms with van der Waals surface area (Å²) in [5.41, 5.74) is 0. The monoisotopic (exact) mass is 326 g/mol. The third-order valence-electron chi connectivity index (χ3n) is 3.88. The summed E-state index contributed by atoms with van der Waals surface area (Å²) in [4.78, 5) is 1.99. The summed E-state index contributed by atoms with van der Waals surface area (Å²) >= 11 is 1.42. The van der Waals surface area contributed by atoms with E-state index in [2.05, 4.69) is 5.16 Å². The molecule has 0 N–H and O–H groups in total. The Morgan fingerprint density at radius 1 is 1.43 bits per heavy atom. The number of hydrogen-bond donors (Lipinski definition) is 0. The number of aromatic nitrogens is 1. The number of piperidine rings is 1. The predicted molar refractivity (Wildman–Crippen MR) is 81.8 cm³/mol. The van der Waals surface area contributed by atoms with Crippen LogP contribution in [0.4, 0.5) is 0 Å². The molecule has 0 amide bonds. The van der Waals surface area contributed by atoms with Gasteiger partial charge in [0, 0.05) is 23.5 Å². The summed E-state index contributed by atoms with van der Waals surface area (Å²) in [5, 5.41) is 3.67. The lowest BCUT2D eigenvalue weighted by atomic mass is 10.1. The van der Waals surface area contributed by atoms with E-state index in [1.165, 1.54) is 11.3 Å². The van der Waals surface area contributed by atoms with Crippen molar-refractivity contribution in [1.29, 1.82) is 0 Å². The van der Waals surface area contributed by atoms with Crippen LogP contribution >= 0.6 is 11.3 Å². The molecule has 0 bridgehead atoms. The highest BCUT2D eigenvalue weighted by molar-refractivity contribution is 7.89. The smallest absolute Gasteiger partial charge is 0.244 e. The first kappa shape index (κ1) is 14.7. The molecule has 5 nitrogen and oxygen atoms in total. The van der Waals surface area contributed by atoms with Gasteiger partial charge in [0.05, 0.1) is 16.0 Å². The number of nitrogens with zero attached hydrogens (tertiary/aromatic N) is 2. The first-order valence-electron chi connectivity index (χ1n) is 7.03. The van der Waals surface area contributed by atoms with Gasteiger partial charge in [-0.1, -0.05) is 11.6 Å². The van der Waals surface area contributed by atoms with Crippen molar-refractivity contribution < 1.29 is 12.9 Å². The molecule has 0 spiro atoms. The van der Waals surface area contributed by atoms with E-state index >= 15 is 0 Å². The van der Waals surface area contributed by atoms with Crippen molar-refractivity contribution >= 4 is 21.4 Å². The van der Waals surface area contributed by atoms with E-state index in [-0.39, 0.29) is 6.04 Å². The Labute approximate surface area is 128 Å². The van der Waals surface area contributed by atoms with Gasteiger partial charge < -0.3 is 4.52 Å². The van der Waals surface area contributed by atoms with Gasteiger partial charge in [0.2, 0.25) is 10.0 Å². The van der Waals surface area contributed by atoms with Crippen LogP contribution in [-0.4, -0.2) is 30.5 Å². The van der Waals surface area contributed by atoms with Crippen molar-refractivity contribution in [2.45, 2.75) is 44.0 Å². The number of aryl methyl sites for hydroxylation is 1. The molecule has 1 saturated heterocycles. The molecule has 0 saturated carbocycles. The lowest BCUT2D eigenvalue weighted by Gasteiger charge is -2.32. The molecule has 2 aromatic rings. The van der Waals surface area contributed by atoms with E-state index in [9.17, 15) is 8.42 Å². The van der Waals surface area contributed by atoms with E-state index in [4.69, 9.17) is 4.52 Å². The fourth-order valence-corrected chi connectivity index (χ4v) is 5.96. The molecule has 1 aliphatic heterocycles. The summed E-state index contributed by atoms with van der Waals surface area (Å²) < 4.78 is 32.5. The number of rotatable bonds is 3. The van der Waals surface area contributed by atoms with Gasteiger partial charge in [0.25, 0.3) is 0 Å². The molecule has 0 unspecified atom stereocenters. The molecule has 2 aromatic heterocycles. The number of sulfonamides is 1. The molecule has 0 aliphatic carbocycles. The molecular formula is C14H18N2O3S2. The standard InChI is InChI=1S/C14H18N2O3S2/c1-10-5-3-4-8-16(10)21(17,18)14-9-13(20-11(14)2)12-6-7-15-19-12/h6-7,9-10H,3-5,8H2,1-2H3/t10-/m1/s1. The highest BCUT2D eigenvalue weighted by Gasteiger charge is 2.33. The molecule has 3 heterocycles. The lowest BCUT2D eigenvalue weighted by molar-refractivity contribution is 0.268. The Morgan fingerprint density at radius 3 is 2.90 bits per heavy atom. The Kier molecular flexibility index (Phi) is 3.90. The quantitative estimate of drug-likeness (QED) is 0.868. The Morgan fingerprint density at radius 2 is 2.24 bits per heavy atom. The first-order valence-corrected chi connectivity index (χ1v) is 9.29. The van der Waals surface area contributed by atoms with E-state index < -0.39 is 10.0 Å². The first-order chi connectivity index (χ1) is 10.00. The Hall–Kier alpha value is -1.18. The lowest BCUT2D eigenvalue weighted by Crippen LogP contribution is -2.41. The van der Waals surface area contributed by atoms with E-state index in [0.29, 0.717) is 17.2 Å². The molecule has 7 heteroatoms. The summed E-state index contributed by atoms with van der Waals surface area (Å²) in [7, 11) is -3.43. The second kappa shape index (κ2) is 5.55. The third-order valence-corrected chi connectivity index (χ3v) is 7.22. The van der Waals surface area contributed by atoms with Gasteiger partial charge in [-0.25, -0.2) is 8.42 Å². The predicted octanol–water partition coefficient (Wildman–Crippen LogP) is 3.27. The molecular weight excluding hydrogens is 308 g/mol. The largest absolute Gasteiger partial charge is 0.355 e. The van der Waals surface area contributed by atoms with E-state index in [0.717, 1.165) is 29.0 Å². The van der Waals surface area contributed by atoms with Crippen LogP contribution in [0.1, 0.15) is 31.1 Å². The minimum Gasteiger partial charge on any atom is -0.355 e. The Bertz CT molecular complexity index is 719. The average molecular weight is 326 g/mol. The van der Waals surface area contributed by atoms with Gasteiger partial charge in [0.15, 0.2) is 5.76 Å². The minimum absolute atomic E-state index is 0.0665. The molecule has 1 atom stereocenters. The van der Waals surface area contributed by atoms with Gasteiger partial charge in [-0.05, 0) is 32.8 Å². The zero-order valence-electron chi connectivity index (χ0n) is 12.1. The maximum Gasteiger partial charge on any atom is 0.244 e. The van der Waals surface area contributed by atoms with Crippen molar-refractivity contribution in [3.8, 4) is 10.6 Å². The zero-order valence-corrected chi connectivity index (χ0v) is 13.7. The van der Waals surface area contributed by atoms with Gasteiger partial charge in [-0.3, -0.25) is 0 Å². The van der Waals surface area contributed by atoms with Crippen molar-refractivity contribution in [3.05, 3.63) is 23.2 Å². The van der Waals surface area contributed by atoms with Crippen LogP contribution < -0.4 is 0 Å². The second-order valence-corrected chi connectivity index (χ2v) is 8.48. The molecule has 1 aliphatic rings. The average Bonchev–Trinajstić information content (AvgIpc) is 3.07. The molecule has 21 heavy (non-hydrogen) atoms. The fraction of sp³-hybridized carbons (Fsp3) is 0.500. The third kappa shape index (κ3) is 2.65. The zero-order chi connectivity index (χ0) is 15.0. The van der Waals surface area contributed by atoms with Crippen LogP contribution in [0, 0.1) is 6.92 Å². The van der Waals surface area contributed by atoms with Crippen LogP contribution in [0.3, 0.4) is 0 Å². The van der Waals surface area contributed by atoms with Crippen molar-refractivity contribution in [3.63, 3.8) is 0 Å². The van der Waals surface area contributed by atoms with Crippen LogP contribution in [0.2, 0.25) is 0 Å². The van der Waals surface area contributed by atoms with Gasteiger partial charge >= 0.3 is 0 Å². The molecule has 114 valence electrons.